The highest BCUT2D eigenvalue weighted by atomic mass is 19.4. The van der Waals surface area contributed by atoms with Gasteiger partial charge in [0.2, 0.25) is 0 Å². The maximum Gasteiger partial charge on any atom is 0.430 e. The van der Waals surface area contributed by atoms with Gasteiger partial charge in [0.1, 0.15) is 0 Å². The number of hydrogen-bond donors (Lipinski definition) is 3. The molecule has 0 aromatic heterocycles. The van der Waals surface area contributed by atoms with Crippen LogP contribution < -0.4 is 5.32 Å². The second-order valence-electron chi connectivity index (χ2n) is 3.93. The molecule has 0 bridgehead atoms. The van der Waals surface area contributed by atoms with Gasteiger partial charge in [-0.25, -0.2) is 0 Å². The van der Waals surface area contributed by atoms with E-state index in [4.69, 9.17) is 10.2 Å². The molecule has 0 radical (unpaired) electrons. The average molecular weight is 303 g/mol. The van der Waals surface area contributed by atoms with E-state index in [9.17, 15) is 26.3 Å². The standard InChI is InChI=1S/C11H11F6NO2/c12-10(13,14)9(20,11(15,16)17)7-1-3-8(4-2-7)18-5-6-19/h1-4,18-20H,5-6H2. The first-order valence-electron chi connectivity index (χ1n) is 5.35. The van der Waals surface area contributed by atoms with Gasteiger partial charge in [0.05, 0.1) is 6.61 Å². The molecule has 0 unspecified atom stereocenters. The maximum atomic E-state index is 12.6. The summed E-state index contributed by atoms with van der Waals surface area (Å²) in [6.07, 6.45) is -11.8. The zero-order valence-corrected chi connectivity index (χ0v) is 9.89. The van der Waals surface area contributed by atoms with Crippen molar-refractivity contribution in [2.45, 2.75) is 18.0 Å². The minimum Gasteiger partial charge on any atom is -0.395 e. The van der Waals surface area contributed by atoms with Gasteiger partial charge in [-0.1, -0.05) is 12.1 Å². The van der Waals surface area contributed by atoms with Gasteiger partial charge in [0.15, 0.2) is 0 Å². The number of aliphatic hydroxyl groups excluding tert-OH is 1. The van der Waals surface area contributed by atoms with Crippen molar-refractivity contribution in [1.82, 2.24) is 0 Å². The molecule has 0 saturated heterocycles. The third-order valence-corrected chi connectivity index (χ3v) is 2.56. The number of alkyl halides is 6. The minimum atomic E-state index is -5.90. The van der Waals surface area contributed by atoms with Crippen LogP contribution in [0.3, 0.4) is 0 Å². The van der Waals surface area contributed by atoms with Crippen molar-refractivity contribution in [2.24, 2.45) is 0 Å². The molecular formula is C11H11F6NO2. The Kier molecular flexibility index (Phi) is 4.55. The van der Waals surface area contributed by atoms with Crippen LogP contribution in [0, 0.1) is 0 Å². The molecule has 9 heteroatoms. The monoisotopic (exact) mass is 303 g/mol. The van der Waals surface area contributed by atoms with Crippen LogP contribution in [0.25, 0.3) is 0 Å². The van der Waals surface area contributed by atoms with E-state index in [1.165, 1.54) is 0 Å². The fourth-order valence-electron chi connectivity index (χ4n) is 1.52. The van der Waals surface area contributed by atoms with Gasteiger partial charge in [-0.05, 0) is 12.1 Å². The molecule has 20 heavy (non-hydrogen) atoms. The SMILES string of the molecule is OCCNc1ccc(C(O)(C(F)(F)F)C(F)(F)F)cc1. The fraction of sp³-hybridized carbons (Fsp3) is 0.455. The maximum absolute atomic E-state index is 12.6. The number of aliphatic hydroxyl groups is 2. The molecule has 0 spiro atoms. The molecule has 0 aliphatic carbocycles. The third kappa shape index (κ3) is 2.98. The summed E-state index contributed by atoms with van der Waals surface area (Å²) in [6.45, 7) is -0.168. The van der Waals surface area contributed by atoms with Crippen molar-refractivity contribution in [1.29, 1.82) is 0 Å². The van der Waals surface area contributed by atoms with E-state index in [1.54, 1.807) is 0 Å². The van der Waals surface area contributed by atoms with Gasteiger partial charge < -0.3 is 15.5 Å². The van der Waals surface area contributed by atoms with E-state index in [0.717, 1.165) is 12.1 Å². The Hall–Kier alpha value is -1.48. The number of nitrogens with one attached hydrogen (secondary N) is 1. The number of benzene rings is 1. The number of anilines is 1. The van der Waals surface area contributed by atoms with E-state index in [0.29, 0.717) is 12.1 Å². The van der Waals surface area contributed by atoms with Gasteiger partial charge in [-0.3, -0.25) is 0 Å². The van der Waals surface area contributed by atoms with Crippen molar-refractivity contribution >= 4 is 5.69 Å². The molecule has 0 amide bonds. The first kappa shape index (κ1) is 16.6. The van der Waals surface area contributed by atoms with Crippen LogP contribution in [0.2, 0.25) is 0 Å². The Bertz CT molecular complexity index is 426. The molecule has 0 fully saturated rings. The van der Waals surface area contributed by atoms with E-state index in [1.807, 2.05) is 0 Å². The van der Waals surface area contributed by atoms with E-state index in [-0.39, 0.29) is 18.8 Å². The number of rotatable bonds is 4. The van der Waals surface area contributed by atoms with E-state index < -0.39 is 23.5 Å². The molecule has 3 nitrogen and oxygen atoms in total. The molecule has 0 aliphatic rings. The van der Waals surface area contributed by atoms with Gasteiger partial charge in [0.25, 0.3) is 5.60 Å². The lowest BCUT2D eigenvalue weighted by molar-refractivity contribution is -0.376. The highest BCUT2D eigenvalue weighted by molar-refractivity contribution is 5.46. The van der Waals surface area contributed by atoms with Gasteiger partial charge in [0, 0.05) is 17.8 Å². The first-order valence-corrected chi connectivity index (χ1v) is 5.35. The molecular weight excluding hydrogens is 292 g/mol. The second-order valence-corrected chi connectivity index (χ2v) is 3.93. The molecule has 114 valence electrons. The largest absolute Gasteiger partial charge is 0.430 e. The summed E-state index contributed by atoms with van der Waals surface area (Å²) < 4.78 is 75.4. The molecule has 0 atom stereocenters. The van der Waals surface area contributed by atoms with Crippen molar-refractivity contribution in [3.05, 3.63) is 29.8 Å². The van der Waals surface area contributed by atoms with Crippen LogP contribution in [0.15, 0.2) is 24.3 Å². The van der Waals surface area contributed by atoms with E-state index >= 15 is 0 Å². The van der Waals surface area contributed by atoms with Crippen LogP contribution in [-0.4, -0.2) is 35.7 Å². The summed E-state index contributed by atoms with van der Waals surface area (Å²) in [5.41, 5.74) is -6.03. The topological polar surface area (TPSA) is 52.5 Å². The van der Waals surface area contributed by atoms with Crippen LogP contribution in [0.4, 0.5) is 32.0 Å². The Morgan fingerprint density at radius 3 is 1.70 bits per heavy atom. The molecule has 3 N–H and O–H groups in total. The van der Waals surface area contributed by atoms with Crippen LogP contribution in [-0.2, 0) is 5.60 Å². The highest BCUT2D eigenvalue weighted by Gasteiger charge is 2.71. The van der Waals surface area contributed by atoms with Crippen LogP contribution in [0.1, 0.15) is 5.56 Å². The highest BCUT2D eigenvalue weighted by Crippen LogP contribution is 2.50. The van der Waals surface area contributed by atoms with Crippen molar-refractivity contribution in [3.8, 4) is 0 Å². The van der Waals surface area contributed by atoms with Gasteiger partial charge >= 0.3 is 12.4 Å². The minimum absolute atomic E-state index is 0.0855. The van der Waals surface area contributed by atoms with Crippen LogP contribution >= 0.6 is 0 Å². The smallest absolute Gasteiger partial charge is 0.395 e. The summed E-state index contributed by atoms with van der Waals surface area (Å²) in [4.78, 5) is 0. The van der Waals surface area contributed by atoms with Crippen molar-refractivity contribution < 1.29 is 36.6 Å². The Balaban J connectivity index is 3.17. The Morgan fingerprint density at radius 1 is 0.900 bits per heavy atom. The second kappa shape index (κ2) is 5.49. The zero-order valence-electron chi connectivity index (χ0n) is 9.89. The summed E-state index contributed by atoms with van der Waals surface area (Å²) in [6, 6.07) is 2.96. The summed E-state index contributed by atoms with van der Waals surface area (Å²) in [5, 5.41) is 20.2. The zero-order chi connectivity index (χ0) is 15.6. The third-order valence-electron chi connectivity index (χ3n) is 2.56. The van der Waals surface area contributed by atoms with E-state index in [2.05, 4.69) is 5.32 Å². The molecule has 0 heterocycles. The Labute approximate surface area is 109 Å². The lowest BCUT2D eigenvalue weighted by atomic mass is 9.92. The predicted octanol–water partition coefficient (Wildman–Crippen LogP) is 2.40. The van der Waals surface area contributed by atoms with Crippen LogP contribution in [0.5, 0.6) is 0 Å². The molecule has 1 rings (SSSR count). The molecule has 1 aromatic carbocycles. The number of halogens is 6. The first-order chi connectivity index (χ1) is 9.04. The molecule has 0 saturated carbocycles. The van der Waals surface area contributed by atoms with Crippen molar-refractivity contribution in [2.75, 3.05) is 18.5 Å². The fourth-order valence-corrected chi connectivity index (χ4v) is 1.52. The quantitative estimate of drug-likeness (QED) is 0.749. The Morgan fingerprint density at radius 2 is 1.35 bits per heavy atom. The van der Waals surface area contributed by atoms with Gasteiger partial charge in [-0.2, -0.15) is 26.3 Å². The average Bonchev–Trinajstić information content (AvgIpc) is 2.33. The van der Waals surface area contributed by atoms with Crippen molar-refractivity contribution in [3.63, 3.8) is 0 Å². The molecule has 0 aliphatic heterocycles. The molecule has 1 aromatic rings. The lowest BCUT2D eigenvalue weighted by Gasteiger charge is -2.32. The predicted molar refractivity (Wildman–Crippen MR) is 58.0 cm³/mol. The lowest BCUT2D eigenvalue weighted by Crippen LogP contribution is -2.53. The normalized spacial score (nSPS) is 13.4. The summed E-state index contributed by atoms with van der Waals surface area (Å²) in [7, 11) is 0. The summed E-state index contributed by atoms with van der Waals surface area (Å²) >= 11 is 0. The number of hydrogen-bond acceptors (Lipinski definition) is 3. The summed E-state index contributed by atoms with van der Waals surface area (Å²) in [5.74, 6) is 0. The van der Waals surface area contributed by atoms with Gasteiger partial charge in [-0.15, -0.1) is 0 Å².